The van der Waals surface area contributed by atoms with Crippen molar-refractivity contribution in [2.75, 3.05) is 5.75 Å². The van der Waals surface area contributed by atoms with Gasteiger partial charge < -0.3 is 4.42 Å². The van der Waals surface area contributed by atoms with Gasteiger partial charge in [0.05, 0.1) is 5.75 Å². The Bertz CT molecular complexity index is 586. The number of benzene rings is 1. The van der Waals surface area contributed by atoms with E-state index < -0.39 is 0 Å². The molecule has 0 saturated carbocycles. The summed E-state index contributed by atoms with van der Waals surface area (Å²) in [6, 6.07) is 8.73. The van der Waals surface area contributed by atoms with Crippen molar-refractivity contribution >= 4 is 28.5 Å². The number of hydrogen-bond donors (Lipinski definition) is 0. The molecule has 16 heavy (non-hydrogen) atoms. The number of rotatable bonds is 3. The molecule has 2 rings (SSSR count). The summed E-state index contributed by atoms with van der Waals surface area (Å²) in [4.78, 5) is 23.0. The topological polar surface area (TPSA) is 47.3 Å². The molecular weight excluding hydrogens is 224 g/mol. The monoisotopic (exact) mass is 234 g/mol. The number of carbonyl (C=O) groups excluding carboxylic acids is 1. The van der Waals surface area contributed by atoms with E-state index in [1.807, 2.05) is 18.2 Å². The molecule has 0 bridgehead atoms. The van der Waals surface area contributed by atoms with Crippen LogP contribution in [-0.2, 0) is 4.79 Å². The minimum absolute atomic E-state index is 0.0855. The van der Waals surface area contributed by atoms with E-state index >= 15 is 0 Å². The maximum Gasteiger partial charge on any atom is 0.337 e. The Hall–Kier alpha value is -1.55. The molecule has 0 radical (unpaired) electrons. The number of thioether (sulfide) groups is 1. The highest BCUT2D eigenvalue weighted by Gasteiger charge is 2.06. The van der Waals surface area contributed by atoms with Gasteiger partial charge in [0, 0.05) is 16.3 Å². The average molecular weight is 234 g/mol. The second kappa shape index (κ2) is 4.53. The third-order valence-corrected chi connectivity index (χ3v) is 3.24. The molecule has 0 aliphatic rings. The molecule has 1 heterocycles. The number of fused-ring (bicyclic) bond motifs is 1. The van der Waals surface area contributed by atoms with Gasteiger partial charge in [-0.1, -0.05) is 18.2 Å². The predicted molar refractivity (Wildman–Crippen MR) is 63.9 cm³/mol. The SMILES string of the molecule is CC(=O)CSc1cc(=O)oc2ccccc12. The number of ketones is 1. The Morgan fingerprint density at radius 1 is 1.38 bits per heavy atom. The summed E-state index contributed by atoms with van der Waals surface area (Å²) in [6.45, 7) is 1.53. The Morgan fingerprint density at radius 2 is 2.12 bits per heavy atom. The minimum atomic E-state index is -0.384. The molecule has 0 amide bonds. The van der Waals surface area contributed by atoms with Gasteiger partial charge >= 0.3 is 5.63 Å². The highest BCUT2D eigenvalue weighted by molar-refractivity contribution is 8.00. The number of para-hydroxylation sites is 1. The maximum absolute atomic E-state index is 11.3. The Balaban J connectivity index is 2.50. The molecule has 4 heteroatoms. The minimum Gasteiger partial charge on any atom is -0.423 e. The molecule has 0 N–H and O–H groups in total. The molecule has 0 aliphatic carbocycles. The molecule has 3 nitrogen and oxygen atoms in total. The Kier molecular flexibility index (Phi) is 3.10. The molecule has 0 atom stereocenters. The van der Waals surface area contributed by atoms with Crippen LogP contribution in [0.4, 0.5) is 0 Å². The van der Waals surface area contributed by atoms with Gasteiger partial charge in [-0.25, -0.2) is 4.79 Å². The molecule has 1 aromatic heterocycles. The first-order valence-electron chi connectivity index (χ1n) is 4.82. The predicted octanol–water partition coefficient (Wildman–Crippen LogP) is 2.47. The molecule has 2 aromatic rings. The lowest BCUT2D eigenvalue weighted by Gasteiger charge is -2.02. The number of Topliss-reactive ketones (excluding diaryl/α,β-unsaturated/α-hetero) is 1. The standard InChI is InChI=1S/C12H10O3S/c1-8(13)7-16-11-6-12(14)15-10-5-3-2-4-9(10)11/h2-6H,7H2,1H3. The second-order valence-corrected chi connectivity index (χ2v) is 4.43. The largest absolute Gasteiger partial charge is 0.423 e. The van der Waals surface area contributed by atoms with Crippen molar-refractivity contribution in [3.63, 3.8) is 0 Å². The fourth-order valence-electron chi connectivity index (χ4n) is 1.38. The van der Waals surface area contributed by atoms with E-state index in [0.29, 0.717) is 11.3 Å². The molecule has 0 fully saturated rings. The molecule has 0 unspecified atom stereocenters. The normalized spacial score (nSPS) is 10.6. The van der Waals surface area contributed by atoms with Crippen LogP contribution in [0.3, 0.4) is 0 Å². The summed E-state index contributed by atoms with van der Waals surface area (Å²) in [5.74, 6) is 0.454. The molecular formula is C12H10O3S. The lowest BCUT2D eigenvalue weighted by molar-refractivity contribution is -0.114. The van der Waals surface area contributed by atoms with Crippen LogP contribution in [0, 0.1) is 0 Å². The summed E-state index contributed by atoms with van der Waals surface area (Å²) >= 11 is 1.36. The second-order valence-electron chi connectivity index (χ2n) is 3.42. The van der Waals surface area contributed by atoms with Crippen LogP contribution in [-0.4, -0.2) is 11.5 Å². The van der Waals surface area contributed by atoms with Crippen molar-refractivity contribution in [1.82, 2.24) is 0 Å². The zero-order valence-corrected chi connectivity index (χ0v) is 9.54. The molecule has 0 aliphatic heterocycles. The number of carbonyl (C=O) groups is 1. The summed E-state index contributed by atoms with van der Waals surface area (Å²) in [6.07, 6.45) is 0. The smallest absolute Gasteiger partial charge is 0.337 e. The van der Waals surface area contributed by atoms with Gasteiger partial charge in [-0.2, -0.15) is 0 Å². The quantitative estimate of drug-likeness (QED) is 0.604. The van der Waals surface area contributed by atoms with Crippen molar-refractivity contribution in [3.8, 4) is 0 Å². The molecule has 0 saturated heterocycles. The van der Waals surface area contributed by atoms with Crippen LogP contribution in [0.1, 0.15) is 6.92 Å². The van der Waals surface area contributed by atoms with E-state index in [9.17, 15) is 9.59 Å². The van der Waals surface area contributed by atoms with Crippen molar-refractivity contribution in [2.45, 2.75) is 11.8 Å². The van der Waals surface area contributed by atoms with Gasteiger partial charge in [0.15, 0.2) is 0 Å². The van der Waals surface area contributed by atoms with Crippen molar-refractivity contribution < 1.29 is 9.21 Å². The van der Waals surface area contributed by atoms with Crippen molar-refractivity contribution in [3.05, 3.63) is 40.8 Å². The highest BCUT2D eigenvalue weighted by atomic mass is 32.2. The first-order valence-corrected chi connectivity index (χ1v) is 5.80. The lowest BCUT2D eigenvalue weighted by Crippen LogP contribution is -1.99. The van der Waals surface area contributed by atoms with Crippen LogP contribution in [0.15, 0.2) is 44.4 Å². The molecule has 1 aromatic carbocycles. The Labute approximate surface area is 96.5 Å². The van der Waals surface area contributed by atoms with E-state index in [1.165, 1.54) is 24.8 Å². The van der Waals surface area contributed by atoms with Gasteiger partial charge in [-0.3, -0.25) is 4.79 Å². The summed E-state index contributed by atoms with van der Waals surface area (Å²) in [5, 5.41) is 0.869. The average Bonchev–Trinajstić information content (AvgIpc) is 2.25. The van der Waals surface area contributed by atoms with Gasteiger partial charge in [-0.15, -0.1) is 11.8 Å². The van der Waals surface area contributed by atoms with Crippen LogP contribution in [0.2, 0.25) is 0 Å². The van der Waals surface area contributed by atoms with E-state index in [1.54, 1.807) is 6.07 Å². The third-order valence-electron chi connectivity index (χ3n) is 2.04. The van der Waals surface area contributed by atoms with Gasteiger partial charge in [-0.05, 0) is 13.0 Å². The summed E-state index contributed by atoms with van der Waals surface area (Å²) in [7, 11) is 0. The third kappa shape index (κ3) is 2.33. The Morgan fingerprint density at radius 3 is 2.88 bits per heavy atom. The van der Waals surface area contributed by atoms with Crippen LogP contribution >= 0.6 is 11.8 Å². The fraction of sp³-hybridized carbons (Fsp3) is 0.167. The lowest BCUT2D eigenvalue weighted by atomic mass is 10.2. The zero-order valence-electron chi connectivity index (χ0n) is 8.73. The van der Waals surface area contributed by atoms with Crippen LogP contribution in [0.25, 0.3) is 11.0 Å². The van der Waals surface area contributed by atoms with Crippen LogP contribution in [0.5, 0.6) is 0 Å². The fourth-order valence-corrected chi connectivity index (χ4v) is 2.24. The van der Waals surface area contributed by atoms with Gasteiger partial charge in [0.25, 0.3) is 0 Å². The zero-order chi connectivity index (χ0) is 11.5. The van der Waals surface area contributed by atoms with Crippen LogP contribution < -0.4 is 5.63 Å². The van der Waals surface area contributed by atoms with E-state index in [2.05, 4.69) is 0 Å². The molecule has 0 spiro atoms. The van der Waals surface area contributed by atoms with Crippen molar-refractivity contribution in [1.29, 1.82) is 0 Å². The van der Waals surface area contributed by atoms with Gasteiger partial charge in [0.1, 0.15) is 11.4 Å². The number of hydrogen-bond acceptors (Lipinski definition) is 4. The van der Waals surface area contributed by atoms with E-state index in [0.717, 1.165) is 10.3 Å². The summed E-state index contributed by atoms with van der Waals surface area (Å²) in [5.41, 5.74) is 0.172. The summed E-state index contributed by atoms with van der Waals surface area (Å²) < 4.78 is 5.06. The first-order chi connectivity index (χ1) is 7.66. The maximum atomic E-state index is 11.3. The van der Waals surface area contributed by atoms with E-state index in [4.69, 9.17) is 4.42 Å². The van der Waals surface area contributed by atoms with Gasteiger partial charge in [0.2, 0.25) is 0 Å². The first kappa shape index (κ1) is 11.0. The highest BCUT2D eigenvalue weighted by Crippen LogP contribution is 2.25. The molecule has 82 valence electrons. The van der Waals surface area contributed by atoms with E-state index in [-0.39, 0.29) is 11.4 Å². The van der Waals surface area contributed by atoms with Crippen molar-refractivity contribution in [2.24, 2.45) is 0 Å².